The van der Waals surface area contributed by atoms with Crippen LogP contribution in [0.5, 0.6) is 5.75 Å². The maximum Gasteiger partial charge on any atom is 0.335 e. The minimum atomic E-state index is -1.04. The number of benzene rings is 2. The van der Waals surface area contributed by atoms with Crippen molar-refractivity contribution < 1.29 is 15.0 Å². The van der Waals surface area contributed by atoms with Crippen LogP contribution in [0.2, 0.25) is 0 Å². The van der Waals surface area contributed by atoms with Gasteiger partial charge in [-0.3, -0.25) is 0 Å². The molecular weight excluding hydrogens is 264 g/mol. The summed E-state index contributed by atoms with van der Waals surface area (Å²) in [6.45, 7) is 10.3. The van der Waals surface area contributed by atoms with Crippen LogP contribution in [0.3, 0.4) is 0 Å². The fourth-order valence-electron chi connectivity index (χ4n) is 2.78. The van der Waals surface area contributed by atoms with Crippen LogP contribution in [0.15, 0.2) is 18.2 Å². The van der Waals surface area contributed by atoms with E-state index in [0.29, 0.717) is 5.56 Å². The molecule has 0 fully saturated rings. The standard InChI is InChI=1S/C18H20O3/c1-9-10(2)12(4)17(13(5)11(9)3)15-7-6-14(18(20)21)8-16(15)19/h6-8,19H,1-5H3,(H,20,21). The molecule has 2 aromatic carbocycles. The molecule has 0 amide bonds. The molecule has 0 aromatic heterocycles. The first kappa shape index (κ1) is 15.1. The van der Waals surface area contributed by atoms with Gasteiger partial charge in [-0.15, -0.1) is 0 Å². The van der Waals surface area contributed by atoms with Gasteiger partial charge in [0, 0.05) is 5.56 Å². The van der Waals surface area contributed by atoms with Gasteiger partial charge in [-0.1, -0.05) is 0 Å². The summed E-state index contributed by atoms with van der Waals surface area (Å²) in [5, 5.41) is 19.2. The van der Waals surface area contributed by atoms with Crippen molar-refractivity contribution in [1.29, 1.82) is 0 Å². The molecule has 0 bridgehead atoms. The van der Waals surface area contributed by atoms with Crippen molar-refractivity contribution in [3.05, 3.63) is 51.6 Å². The fourth-order valence-corrected chi connectivity index (χ4v) is 2.78. The monoisotopic (exact) mass is 284 g/mol. The van der Waals surface area contributed by atoms with E-state index in [4.69, 9.17) is 5.11 Å². The topological polar surface area (TPSA) is 57.5 Å². The van der Waals surface area contributed by atoms with Crippen molar-refractivity contribution in [3.63, 3.8) is 0 Å². The van der Waals surface area contributed by atoms with E-state index >= 15 is 0 Å². The Kier molecular flexibility index (Phi) is 3.77. The quantitative estimate of drug-likeness (QED) is 0.864. The summed E-state index contributed by atoms with van der Waals surface area (Å²) in [5.41, 5.74) is 7.67. The average Bonchev–Trinajstić information content (AvgIpc) is 2.44. The van der Waals surface area contributed by atoms with Gasteiger partial charge in [0.1, 0.15) is 5.75 Å². The summed E-state index contributed by atoms with van der Waals surface area (Å²) < 4.78 is 0. The van der Waals surface area contributed by atoms with E-state index in [1.807, 2.05) is 13.8 Å². The number of hydrogen-bond donors (Lipinski definition) is 2. The van der Waals surface area contributed by atoms with Gasteiger partial charge < -0.3 is 10.2 Å². The van der Waals surface area contributed by atoms with Crippen LogP contribution in [0, 0.1) is 34.6 Å². The summed E-state index contributed by atoms with van der Waals surface area (Å²) in [4.78, 5) is 11.0. The third-order valence-corrected chi connectivity index (χ3v) is 4.51. The summed E-state index contributed by atoms with van der Waals surface area (Å²) in [5.74, 6) is -1.04. The van der Waals surface area contributed by atoms with Gasteiger partial charge in [-0.2, -0.15) is 0 Å². The zero-order valence-electron chi connectivity index (χ0n) is 13.0. The molecular formula is C18H20O3. The summed E-state index contributed by atoms with van der Waals surface area (Å²) in [7, 11) is 0. The second-order valence-electron chi connectivity index (χ2n) is 5.54. The van der Waals surface area contributed by atoms with Crippen LogP contribution in [-0.4, -0.2) is 16.2 Å². The van der Waals surface area contributed by atoms with E-state index in [2.05, 4.69) is 20.8 Å². The van der Waals surface area contributed by atoms with Gasteiger partial charge in [0.2, 0.25) is 0 Å². The minimum absolute atomic E-state index is 0.00348. The molecule has 21 heavy (non-hydrogen) atoms. The molecule has 0 aliphatic rings. The number of carboxylic acids is 1. The van der Waals surface area contributed by atoms with Gasteiger partial charge in [0.15, 0.2) is 0 Å². The molecule has 0 aliphatic heterocycles. The summed E-state index contributed by atoms with van der Waals surface area (Å²) >= 11 is 0. The molecule has 3 heteroatoms. The third-order valence-electron chi connectivity index (χ3n) is 4.51. The lowest BCUT2D eigenvalue weighted by Crippen LogP contribution is -2.01. The van der Waals surface area contributed by atoms with Crippen LogP contribution in [0.4, 0.5) is 0 Å². The summed E-state index contributed by atoms with van der Waals surface area (Å²) in [6, 6.07) is 4.52. The van der Waals surface area contributed by atoms with Crippen LogP contribution < -0.4 is 0 Å². The van der Waals surface area contributed by atoms with Crippen LogP contribution >= 0.6 is 0 Å². The highest BCUT2D eigenvalue weighted by molar-refractivity contribution is 5.90. The molecule has 0 saturated carbocycles. The molecule has 0 radical (unpaired) electrons. The molecule has 2 N–H and O–H groups in total. The van der Waals surface area contributed by atoms with E-state index in [1.54, 1.807) is 6.07 Å². The Balaban J connectivity index is 2.77. The Hall–Kier alpha value is -2.29. The van der Waals surface area contributed by atoms with E-state index < -0.39 is 5.97 Å². The Morgan fingerprint density at radius 1 is 0.857 bits per heavy atom. The van der Waals surface area contributed by atoms with Gasteiger partial charge >= 0.3 is 5.97 Å². The van der Waals surface area contributed by atoms with E-state index in [0.717, 1.165) is 16.7 Å². The van der Waals surface area contributed by atoms with Crippen molar-refractivity contribution in [2.45, 2.75) is 34.6 Å². The van der Waals surface area contributed by atoms with Crippen molar-refractivity contribution in [3.8, 4) is 16.9 Å². The average molecular weight is 284 g/mol. The van der Waals surface area contributed by atoms with Crippen LogP contribution in [0.1, 0.15) is 38.2 Å². The normalized spacial score (nSPS) is 10.7. The number of aromatic hydroxyl groups is 1. The zero-order valence-corrected chi connectivity index (χ0v) is 13.0. The number of hydrogen-bond acceptors (Lipinski definition) is 2. The van der Waals surface area contributed by atoms with E-state index in [9.17, 15) is 9.90 Å². The Morgan fingerprint density at radius 3 is 1.76 bits per heavy atom. The number of aromatic carboxylic acids is 1. The highest BCUT2D eigenvalue weighted by Crippen LogP contribution is 2.38. The second-order valence-corrected chi connectivity index (χ2v) is 5.54. The number of phenols is 1. The first-order chi connectivity index (χ1) is 9.75. The van der Waals surface area contributed by atoms with Gasteiger partial charge in [-0.05, 0) is 86.2 Å². The molecule has 2 rings (SSSR count). The van der Waals surface area contributed by atoms with Crippen molar-refractivity contribution >= 4 is 5.97 Å². The maximum absolute atomic E-state index is 11.0. The predicted molar refractivity (Wildman–Crippen MR) is 84.2 cm³/mol. The van der Waals surface area contributed by atoms with Crippen molar-refractivity contribution in [2.24, 2.45) is 0 Å². The van der Waals surface area contributed by atoms with Gasteiger partial charge in [0.05, 0.1) is 5.56 Å². The first-order valence-electron chi connectivity index (χ1n) is 6.89. The predicted octanol–water partition coefficient (Wildman–Crippen LogP) is 4.30. The molecule has 0 aliphatic carbocycles. The second kappa shape index (κ2) is 5.24. The Bertz CT molecular complexity index is 714. The lowest BCUT2D eigenvalue weighted by molar-refractivity contribution is 0.0696. The lowest BCUT2D eigenvalue weighted by atomic mass is 9.86. The van der Waals surface area contributed by atoms with Crippen LogP contribution in [0.25, 0.3) is 11.1 Å². The third kappa shape index (κ3) is 2.40. The minimum Gasteiger partial charge on any atom is -0.507 e. The smallest absolute Gasteiger partial charge is 0.335 e. The van der Waals surface area contributed by atoms with Crippen molar-refractivity contribution in [1.82, 2.24) is 0 Å². The SMILES string of the molecule is Cc1c(C)c(C)c(-c2ccc(C(=O)O)cc2O)c(C)c1C. The van der Waals surface area contributed by atoms with E-state index in [-0.39, 0.29) is 11.3 Å². The van der Waals surface area contributed by atoms with E-state index in [1.165, 1.54) is 28.8 Å². The fraction of sp³-hybridized carbons (Fsp3) is 0.278. The highest BCUT2D eigenvalue weighted by Gasteiger charge is 2.17. The zero-order chi connectivity index (χ0) is 15.9. The van der Waals surface area contributed by atoms with Gasteiger partial charge in [-0.25, -0.2) is 4.79 Å². The summed E-state index contributed by atoms with van der Waals surface area (Å²) in [6.07, 6.45) is 0. The van der Waals surface area contributed by atoms with Crippen molar-refractivity contribution in [2.75, 3.05) is 0 Å². The molecule has 0 saturated heterocycles. The number of carbonyl (C=O) groups is 1. The Labute approximate surface area is 124 Å². The molecule has 0 unspecified atom stereocenters. The first-order valence-corrected chi connectivity index (χ1v) is 6.89. The Morgan fingerprint density at radius 2 is 1.33 bits per heavy atom. The molecule has 2 aromatic rings. The molecule has 0 spiro atoms. The lowest BCUT2D eigenvalue weighted by Gasteiger charge is -2.19. The molecule has 0 heterocycles. The molecule has 3 nitrogen and oxygen atoms in total. The maximum atomic E-state index is 11.0. The van der Waals surface area contributed by atoms with Gasteiger partial charge in [0.25, 0.3) is 0 Å². The molecule has 0 atom stereocenters. The number of rotatable bonds is 2. The number of phenolic OH excluding ortho intramolecular Hbond substituents is 1. The van der Waals surface area contributed by atoms with Crippen LogP contribution in [-0.2, 0) is 0 Å². The number of carboxylic acid groups (broad SMARTS) is 1. The largest absolute Gasteiger partial charge is 0.507 e. The highest BCUT2D eigenvalue weighted by atomic mass is 16.4. The molecule has 110 valence electrons.